The van der Waals surface area contributed by atoms with Gasteiger partial charge in [-0.1, -0.05) is 62.6 Å². The second-order valence-corrected chi connectivity index (χ2v) is 7.01. The zero-order valence-electron chi connectivity index (χ0n) is 19.2. The number of hydrogen-bond acceptors (Lipinski definition) is 4. The molecular weight excluding hydrogens is 378 g/mol. The Hall–Kier alpha value is -1.92. The van der Waals surface area contributed by atoms with Crippen LogP contribution in [0.25, 0.3) is 0 Å². The number of amides is 1. The first-order valence-corrected chi connectivity index (χ1v) is 11.4. The van der Waals surface area contributed by atoms with Crippen LogP contribution in [-0.2, 0) is 9.59 Å². The number of aliphatic carboxylic acids is 1. The summed E-state index contributed by atoms with van der Waals surface area (Å²) in [5, 5.41) is 13.5. The van der Waals surface area contributed by atoms with Crippen molar-refractivity contribution in [2.24, 2.45) is 5.73 Å². The largest absolute Gasteiger partial charge is 0.481 e. The molecule has 0 fully saturated rings. The molecule has 174 valence electrons. The summed E-state index contributed by atoms with van der Waals surface area (Å²) < 4.78 is 0. The molecule has 0 aromatic rings. The summed E-state index contributed by atoms with van der Waals surface area (Å²) in [6, 6.07) is 0. The number of allylic oxidation sites excluding steroid dienone is 6. The normalized spacial score (nSPS) is 11.2. The molecule has 30 heavy (non-hydrogen) atoms. The van der Waals surface area contributed by atoms with Crippen molar-refractivity contribution in [3.63, 3.8) is 0 Å². The van der Waals surface area contributed by atoms with E-state index in [1.54, 1.807) is 0 Å². The van der Waals surface area contributed by atoms with E-state index in [2.05, 4.69) is 54.0 Å². The third kappa shape index (κ3) is 33.6. The minimum absolute atomic E-state index is 0.167. The van der Waals surface area contributed by atoms with Crippen molar-refractivity contribution in [3.05, 3.63) is 36.5 Å². The molecule has 0 unspecified atom stereocenters. The summed E-state index contributed by atoms with van der Waals surface area (Å²) in [5.74, 6) is -0.666. The molecule has 0 aromatic heterocycles. The van der Waals surface area contributed by atoms with Crippen molar-refractivity contribution in [3.8, 4) is 0 Å². The van der Waals surface area contributed by atoms with Crippen LogP contribution >= 0.6 is 0 Å². The van der Waals surface area contributed by atoms with Crippen molar-refractivity contribution in [2.45, 2.75) is 78.1 Å². The maximum Gasteiger partial charge on any atom is 0.300 e. The van der Waals surface area contributed by atoms with Gasteiger partial charge in [0, 0.05) is 39.5 Å². The van der Waals surface area contributed by atoms with Gasteiger partial charge in [-0.05, 0) is 38.5 Å². The van der Waals surface area contributed by atoms with Crippen LogP contribution in [0.5, 0.6) is 0 Å². The van der Waals surface area contributed by atoms with Crippen molar-refractivity contribution in [1.82, 2.24) is 10.6 Å². The minimum Gasteiger partial charge on any atom is -0.481 e. The second kappa shape index (κ2) is 27.1. The molecule has 1 amide bonds. The smallest absolute Gasteiger partial charge is 0.300 e. The van der Waals surface area contributed by atoms with E-state index >= 15 is 0 Å². The van der Waals surface area contributed by atoms with E-state index in [4.69, 9.17) is 15.6 Å². The molecule has 0 aromatic carbocycles. The van der Waals surface area contributed by atoms with Crippen LogP contribution in [0.3, 0.4) is 0 Å². The third-order valence-corrected chi connectivity index (χ3v) is 4.00. The van der Waals surface area contributed by atoms with Gasteiger partial charge in [-0.2, -0.15) is 0 Å². The zero-order valence-corrected chi connectivity index (χ0v) is 19.2. The van der Waals surface area contributed by atoms with Gasteiger partial charge in [0.2, 0.25) is 5.91 Å². The molecule has 0 aliphatic rings. The number of carboxylic acids is 1. The predicted molar refractivity (Wildman–Crippen MR) is 128 cm³/mol. The number of nitrogens with two attached hydrogens (primary N) is 1. The van der Waals surface area contributed by atoms with E-state index < -0.39 is 5.97 Å². The van der Waals surface area contributed by atoms with Crippen LogP contribution in [0.15, 0.2) is 36.5 Å². The fourth-order valence-electron chi connectivity index (χ4n) is 2.51. The fourth-order valence-corrected chi connectivity index (χ4v) is 2.51. The van der Waals surface area contributed by atoms with E-state index in [-0.39, 0.29) is 5.91 Å². The van der Waals surface area contributed by atoms with Crippen molar-refractivity contribution in [2.75, 3.05) is 26.2 Å². The third-order valence-electron chi connectivity index (χ3n) is 4.00. The van der Waals surface area contributed by atoms with Gasteiger partial charge in [0.1, 0.15) is 0 Å². The van der Waals surface area contributed by atoms with E-state index in [0.29, 0.717) is 19.5 Å². The number of unbranched alkanes of at least 4 members (excludes halogenated alkanes) is 5. The highest BCUT2D eigenvalue weighted by molar-refractivity contribution is 5.75. The van der Waals surface area contributed by atoms with E-state index in [0.717, 1.165) is 52.1 Å². The van der Waals surface area contributed by atoms with Crippen LogP contribution in [0, 0.1) is 0 Å². The van der Waals surface area contributed by atoms with Crippen LogP contribution in [0.1, 0.15) is 78.1 Å². The molecule has 6 nitrogen and oxygen atoms in total. The Morgan fingerprint density at radius 3 is 2.03 bits per heavy atom. The Morgan fingerprint density at radius 2 is 1.40 bits per heavy atom. The van der Waals surface area contributed by atoms with Gasteiger partial charge in [-0.15, -0.1) is 0 Å². The second-order valence-electron chi connectivity index (χ2n) is 7.01. The van der Waals surface area contributed by atoms with E-state index in [9.17, 15) is 4.79 Å². The van der Waals surface area contributed by atoms with Crippen LogP contribution in [0.4, 0.5) is 0 Å². The molecule has 0 aliphatic carbocycles. The summed E-state index contributed by atoms with van der Waals surface area (Å²) in [4.78, 5) is 20.6. The Morgan fingerprint density at radius 1 is 0.833 bits per heavy atom. The fraction of sp³-hybridized carbons (Fsp3) is 0.667. The molecule has 0 aliphatic heterocycles. The van der Waals surface area contributed by atoms with Gasteiger partial charge in [0.15, 0.2) is 0 Å². The van der Waals surface area contributed by atoms with Crippen molar-refractivity contribution in [1.29, 1.82) is 0 Å². The molecule has 5 N–H and O–H groups in total. The number of hydrogen-bond donors (Lipinski definition) is 4. The first kappa shape index (κ1) is 30.3. The lowest BCUT2D eigenvalue weighted by Gasteiger charge is -2.06. The lowest BCUT2D eigenvalue weighted by molar-refractivity contribution is -0.134. The maximum atomic E-state index is 11.6. The first-order chi connectivity index (χ1) is 14.5. The highest BCUT2D eigenvalue weighted by Gasteiger charge is 1.99. The minimum atomic E-state index is -0.833. The molecule has 0 atom stereocenters. The van der Waals surface area contributed by atoms with Gasteiger partial charge >= 0.3 is 0 Å². The van der Waals surface area contributed by atoms with Crippen LogP contribution in [-0.4, -0.2) is 43.2 Å². The summed E-state index contributed by atoms with van der Waals surface area (Å²) in [5.41, 5.74) is 5.38. The maximum absolute atomic E-state index is 11.6. The SMILES string of the molecule is CC(=O)O.CCC=CCC=CCC=CCCCCCCCC(=O)NCCNCCN. The van der Waals surface area contributed by atoms with Crippen molar-refractivity contribution < 1.29 is 14.7 Å². The van der Waals surface area contributed by atoms with Gasteiger partial charge in [0.25, 0.3) is 5.97 Å². The van der Waals surface area contributed by atoms with Gasteiger partial charge in [-0.3, -0.25) is 9.59 Å². The number of carbonyl (C=O) groups excluding carboxylic acids is 1. The summed E-state index contributed by atoms with van der Waals surface area (Å²) >= 11 is 0. The average molecular weight is 424 g/mol. The van der Waals surface area contributed by atoms with Crippen LogP contribution in [0.2, 0.25) is 0 Å². The van der Waals surface area contributed by atoms with Crippen molar-refractivity contribution >= 4 is 11.9 Å². The average Bonchev–Trinajstić information content (AvgIpc) is 2.70. The van der Waals surface area contributed by atoms with Gasteiger partial charge < -0.3 is 21.5 Å². The molecule has 0 bridgehead atoms. The van der Waals surface area contributed by atoms with Crippen LogP contribution < -0.4 is 16.4 Å². The Bertz CT molecular complexity index is 470. The van der Waals surface area contributed by atoms with Gasteiger partial charge in [-0.25, -0.2) is 0 Å². The first-order valence-electron chi connectivity index (χ1n) is 11.4. The molecule has 0 saturated heterocycles. The highest BCUT2D eigenvalue weighted by atomic mass is 16.4. The Balaban J connectivity index is 0. The molecule has 0 rings (SSSR count). The highest BCUT2D eigenvalue weighted by Crippen LogP contribution is 2.08. The summed E-state index contributed by atoms with van der Waals surface area (Å²) in [6.45, 7) is 6.17. The number of rotatable bonds is 18. The quantitative estimate of drug-likeness (QED) is 0.194. The monoisotopic (exact) mass is 423 g/mol. The predicted octanol–water partition coefficient (Wildman–Crippen LogP) is 4.33. The summed E-state index contributed by atoms with van der Waals surface area (Å²) in [7, 11) is 0. The van der Waals surface area contributed by atoms with E-state index in [1.165, 1.54) is 25.7 Å². The number of carbonyl (C=O) groups is 2. The zero-order chi connectivity index (χ0) is 22.7. The lowest BCUT2D eigenvalue weighted by atomic mass is 10.1. The Labute approximate surface area is 184 Å². The molecule has 6 heteroatoms. The molecule has 0 spiro atoms. The number of carboxylic acid groups (broad SMARTS) is 1. The lowest BCUT2D eigenvalue weighted by Crippen LogP contribution is -2.33. The van der Waals surface area contributed by atoms with E-state index in [1.807, 2.05) is 0 Å². The molecular formula is C24H45N3O3. The Kier molecular flexibility index (Phi) is 27.3. The number of nitrogens with one attached hydrogen (secondary N) is 2. The molecule has 0 saturated carbocycles. The topological polar surface area (TPSA) is 104 Å². The summed E-state index contributed by atoms with van der Waals surface area (Å²) in [6.07, 6.45) is 24.3. The van der Waals surface area contributed by atoms with Gasteiger partial charge in [0.05, 0.1) is 0 Å². The molecule has 0 radical (unpaired) electrons. The molecule has 0 heterocycles. The standard InChI is InChI=1S/C22H41N3O.C2H4O2/c1-2-3-4-5-6-7-8-9-10-11-12-13-14-15-16-17-22(26)25-21-20-24-19-18-23;1-2(3)4/h3-4,6-7,9-10,24H,2,5,8,11-21,23H2,1H3,(H,25,26);1H3,(H,3,4).